The van der Waals surface area contributed by atoms with E-state index >= 15 is 0 Å². The van der Waals surface area contributed by atoms with Gasteiger partial charge in [-0.3, -0.25) is 0 Å². The Balaban J connectivity index is 1.89. The zero-order valence-corrected chi connectivity index (χ0v) is 12.1. The van der Waals surface area contributed by atoms with Crippen LogP contribution in [0, 0.1) is 0 Å². The van der Waals surface area contributed by atoms with Gasteiger partial charge in [-0.25, -0.2) is 0 Å². The topological polar surface area (TPSA) is 30.9 Å². The van der Waals surface area contributed by atoms with E-state index in [4.69, 9.17) is 5.73 Å². The fraction of sp³-hybridized carbons (Fsp3) is 0.529. The minimum Gasteiger partial charge on any atom is -0.347 e. The summed E-state index contributed by atoms with van der Waals surface area (Å²) < 4.78 is 2.37. The monoisotopic (exact) mass is 258 g/mol. The highest BCUT2D eigenvalue weighted by Gasteiger charge is 2.01. The first-order chi connectivity index (χ1) is 9.35. The van der Waals surface area contributed by atoms with Crippen molar-refractivity contribution >= 4 is 10.9 Å². The fourth-order valence-corrected chi connectivity index (χ4v) is 2.61. The van der Waals surface area contributed by atoms with Crippen molar-refractivity contribution in [1.82, 2.24) is 4.57 Å². The molecule has 2 aromatic rings. The van der Waals surface area contributed by atoms with Gasteiger partial charge in [-0.05, 0) is 29.5 Å². The summed E-state index contributed by atoms with van der Waals surface area (Å²) in [6.45, 7) is 4.02. The van der Waals surface area contributed by atoms with Gasteiger partial charge in [0.1, 0.15) is 0 Å². The second kappa shape index (κ2) is 7.34. The molecule has 0 aliphatic heterocycles. The summed E-state index contributed by atoms with van der Waals surface area (Å²) in [6, 6.07) is 8.73. The van der Waals surface area contributed by atoms with E-state index in [1.807, 2.05) is 0 Å². The molecule has 0 amide bonds. The van der Waals surface area contributed by atoms with Gasteiger partial charge in [-0.1, -0.05) is 51.2 Å². The summed E-state index contributed by atoms with van der Waals surface area (Å²) >= 11 is 0. The van der Waals surface area contributed by atoms with Crippen LogP contribution >= 0.6 is 0 Å². The van der Waals surface area contributed by atoms with Crippen LogP contribution in [0.5, 0.6) is 0 Å². The van der Waals surface area contributed by atoms with Crippen LogP contribution in [0.2, 0.25) is 0 Å². The quantitative estimate of drug-likeness (QED) is 0.696. The van der Waals surface area contributed by atoms with Crippen molar-refractivity contribution < 1.29 is 0 Å². The van der Waals surface area contributed by atoms with Crippen LogP contribution in [-0.2, 0) is 13.1 Å². The Hall–Kier alpha value is -1.28. The molecule has 1 heterocycles. The van der Waals surface area contributed by atoms with E-state index < -0.39 is 0 Å². The molecule has 1 aromatic carbocycles. The third-order valence-electron chi connectivity index (χ3n) is 3.83. The van der Waals surface area contributed by atoms with Crippen LogP contribution in [0.1, 0.15) is 51.0 Å². The Morgan fingerprint density at radius 3 is 2.58 bits per heavy atom. The summed E-state index contributed by atoms with van der Waals surface area (Å²) in [5, 5.41) is 1.32. The number of nitrogens with zero attached hydrogens (tertiary/aromatic N) is 1. The molecule has 0 atom stereocenters. The lowest BCUT2D eigenvalue weighted by atomic mass is 10.1. The van der Waals surface area contributed by atoms with Gasteiger partial charge in [-0.2, -0.15) is 0 Å². The smallest absolute Gasteiger partial charge is 0.0483 e. The molecule has 0 unspecified atom stereocenters. The van der Waals surface area contributed by atoms with E-state index in [1.54, 1.807) is 0 Å². The number of aromatic nitrogens is 1. The van der Waals surface area contributed by atoms with Crippen molar-refractivity contribution in [2.75, 3.05) is 0 Å². The Bertz CT molecular complexity index is 499. The molecule has 0 fully saturated rings. The third kappa shape index (κ3) is 3.84. The second-order valence-electron chi connectivity index (χ2n) is 5.37. The summed E-state index contributed by atoms with van der Waals surface area (Å²) in [4.78, 5) is 0. The zero-order valence-electron chi connectivity index (χ0n) is 12.1. The second-order valence-corrected chi connectivity index (χ2v) is 5.37. The third-order valence-corrected chi connectivity index (χ3v) is 3.83. The van der Waals surface area contributed by atoms with Crippen molar-refractivity contribution in [1.29, 1.82) is 0 Å². The summed E-state index contributed by atoms with van der Waals surface area (Å²) in [6.07, 6.45) is 10.3. The molecule has 2 nitrogen and oxygen atoms in total. The van der Waals surface area contributed by atoms with Crippen LogP contribution in [0.25, 0.3) is 10.9 Å². The van der Waals surface area contributed by atoms with Crippen molar-refractivity contribution in [3.8, 4) is 0 Å². The number of hydrogen-bond acceptors (Lipinski definition) is 1. The van der Waals surface area contributed by atoms with Crippen molar-refractivity contribution in [3.63, 3.8) is 0 Å². The first-order valence-electron chi connectivity index (χ1n) is 7.63. The first kappa shape index (κ1) is 14.1. The number of benzene rings is 1. The lowest BCUT2D eigenvalue weighted by molar-refractivity contribution is 0.565. The maximum absolute atomic E-state index is 5.72. The van der Waals surface area contributed by atoms with Crippen LogP contribution in [-0.4, -0.2) is 4.57 Å². The Morgan fingerprint density at radius 2 is 1.79 bits per heavy atom. The van der Waals surface area contributed by atoms with E-state index in [9.17, 15) is 0 Å². The highest BCUT2D eigenvalue weighted by Crippen LogP contribution is 2.18. The molecule has 1 aromatic heterocycles. The van der Waals surface area contributed by atoms with Gasteiger partial charge in [0.25, 0.3) is 0 Å². The molecule has 2 heteroatoms. The number of nitrogens with two attached hydrogens (primary N) is 1. The number of hydrogen-bond donors (Lipinski definition) is 1. The maximum atomic E-state index is 5.72. The summed E-state index contributed by atoms with van der Waals surface area (Å²) in [5.41, 5.74) is 8.27. The normalized spacial score (nSPS) is 11.3. The van der Waals surface area contributed by atoms with E-state index in [0.717, 1.165) is 6.54 Å². The number of unbranched alkanes of at least 4 members (excludes halogenated alkanes) is 5. The fourth-order valence-electron chi connectivity index (χ4n) is 2.61. The Labute approximate surface area is 116 Å². The van der Waals surface area contributed by atoms with Crippen molar-refractivity contribution in [3.05, 3.63) is 36.0 Å². The highest BCUT2D eigenvalue weighted by atomic mass is 14.9. The molecule has 19 heavy (non-hydrogen) atoms. The lowest BCUT2D eigenvalue weighted by Gasteiger charge is -2.06. The first-order valence-corrected chi connectivity index (χ1v) is 7.63. The molecule has 104 valence electrons. The minimum absolute atomic E-state index is 0.623. The number of rotatable bonds is 8. The predicted molar refractivity (Wildman–Crippen MR) is 83.2 cm³/mol. The van der Waals surface area contributed by atoms with Crippen molar-refractivity contribution in [2.45, 2.75) is 58.5 Å². The number of aryl methyl sites for hydroxylation is 1. The average molecular weight is 258 g/mol. The van der Waals surface area contributed by atoms with Gasteiger partial charge in [-0.15, -0.1) is 0 Å². The van der Waals surface area contributed by atoms with E-state index in [2.05, 4.69) is 42.0 Å². The van der Waals surface area contributed by atoms with E-state index in [1.165, 1.54) is 55.0 Å². The molecule has 0 spiro atoms. The van der Waals surface area contributed by atoms with Crippen LogP contribution < -0.4 is 5.73 Å². The SMILES string of the molecule is CCCCCCCCn1ccc2ccc(CN)cc21. The minimum atomic E-state index is 0.623. The van der Waals surface area contributed by atoms with Gasteiger partial charge in [0, 0.05) is 24.8 Å². The molecular formula is C17H26N2. The molecule has 2 N–H and O–H groups in total. The highest BCUT2D eigenvalue weighted by molar-refractivity contribution is 5.80. The molecular weight excluding hydrogens is 232 g/mol. The van der Waals surface area contributed by atoms with Gasteiger partial charge < -0.3 is 10.3 Å². The van der Waals surface area contributed by atoms with Gasteiger partial charge in [0.15, 0.2) is 0 Å². The lowest BCUT2D eigenvalue weighted by Crippen LogP contribution is -1.99. The standard InChI is InChI=1S/C17H26N2/c1-2-3-4-5-6-7-11-19-12-10-16-9-8-15(14-18)13-17(16)19/h8-10,12-13H,2-7,11,14,18H2,1H3. The zero-order chi connectivity index (χ0) is 13.5. The van der Waals surface area contributed by atoms with Crippen LogP contribution in [0.3, 0.4) is 0 Å². The van der Waals surface area contributed by atoms with Gasteiger partial charge in [0.05, 0.1) is 0 Å². The van der Waals surface area contributed by atoms with Crippen molar-refractivity contribution in [2.24, 2.45) is 5.73 Å². The Kier molecular flexibility index (Phi) is 5.46. The maximum Gasteiger partial charge on any atom is 0.0483 e. The molecule has 0 saturated carbocycles. The number of fused-ring (bicyclic) bond motifs is 1. The van der Waals surface area contributed by atoms with Crippen LogP contribution in [0.15, 0.2) is 30.5 Å². The van der Waals surface area contributed by atoms with Gasteiger partial charge in [0.2, 0.25) is 0 Å². The van der Waals surface area contributed by atoms with Crippen LogP contribution in [0.4, 0.5) is 0 Å². The summed E-state index contributed by atoms with van der Waals surface area (Å²) in [7, 11) is 0. The Morgan fingerprint density at radius 1 is 1.00 bits per heavy atom. The average Bonchev–Trinajstić information content (AvgIpc) is 2.85. The van der Waals surface area contributed by atoms with Gasteiger partial charge >= 0.3 is 0 Å². The predicted octanol–water partition coefficient (Wildman–Crippen LogP) is 4.46. The molecule has 0 saturated heterocycles. The summed E-state index contributed by atoms with van der Waals surface area (Å²) in [5.74, 6) is 0. The molecule has 0 aliphatic rings. The molecule has 0 bridgehead atoms. The molecule has 2 rings (SSSR count). The molecule has 0 aliphatic carbocycles. The molecule has 0 radical (unpaired) electrons. The van der Waals surface area contributed by atoms with E-state index in [-0.39, 0.29) is 0 Å². The van der Waals surface area contributed by atoms with E-state index in [0.29, 0.717) is 6.54 Å². The largest absolute Gasteiger partial charge is 0.347 e.